The number of benzene rings is 1. The highest BCUT2D eigenvalue weighted by Gasteiger charge is 2.30. The monoisotopic (exact) mass is 362 g/mol. The van der Waals surface area contributed by atoms with Crippen LogP contribution in [0.3, 0.4) is 0 Å². The van der Waals surface area contributed by atoms with E-state index >= 15 is 0 Å². The van der Waals surface area contributed by atoms with Crippen molar-refractivity contribution in [3.8, 4) is 0 Å². The molecule has 1 aromatic rings. The van der Waals surface area contributed by atoms with E-state index in [2.05, 4.69) is 29.8 Å². The molecule has 3 unspecified atom stereocenters. The quantitative estimate of drug-likeness (QED) is 0.796. The zero-order valence-corrected chi connectivity index (χ0v) is 14.1. The minimum atomic E-state index is -0.308. The molecule has 5 heteroatoms. The normalized spacial score (nSPS) is 27.3. The Kier molecular flexibility index (Phi) is 5.37. The summed E-state index contributed by atoms with van der Waals surface area (Å²) in [5, 5.41) is 1.06. The molecule has 2 rings (SSSR count). The number of halogens is 2. The first-order chi connectivity index (χ1) is 8.97. The summed E-state index contributed by atoms with van der Waals surface area (Å²) in [5.74, 6) is 0.669. The molecule has 1 nitrogen and oxygen atoms in total. The maximum atomic E-state index is 13.7. The second kappa shape index (κ2) is 6.64. The van der Waals surface area contributed by atoms with Gasteiger partial charge in [0.1, 0.15) is 5.82 Å². The van der Waals surface area contributed by atoms with Crippen molar-refractivity contribution in [2.45, 2.75) is 36.0 Å². The third-order valence-electron chi connectivity index (χ3n) is 3.29. The Labute approximate surface area is 130 Å². The van der Waals surface area contributed by atoms with Crippen LogP contribution in [0, 0.1) is 5.82 Å². The zero-order chi connectivity index (χ0) is 14.0. The molecule has 0 bridgehead atoms. The Morgan fingerprint density at radius 1 is 1.42 bits per heavy atom. The molecule has 0 spiro atoms. The third-order valence-corrected chi connectivity index (χ3v) is 7.22. The molecule has 1 heterocycles. The Morgan fingerprint density at radius 2 is 2.16 bits per heavy atom. The third kappa shape index (κ3) is 3.99. The number of hydrogen-bond acceptors (Lipinski definition) is 3. The summed E-state index contributed by atoms with van der Waals surface area (Å²) < 4.78 is 14.4. The fourth-order valence-corrected chi connectivity index (χ4v) is 5.14. The van der Waals surface area contributed by atoms with E-state index in [0.29, 0.717) is 20.5 Å². The van der Waals surface area contributed by atoms with Crippen molar-refractivity contribution in [2.24, 2.45) is 0 Å². The van der Waals surface area contributed by atoms with Crippen LogP contribution in [0.15, 0.2) is 22.7 Å². The highest BCUT2D eigenvalue weighted by molar-refractivity contribution is 9.10. The van der Waals surface area contributed by atoms with Crippen molar-refractivity contribution in [1.82, 2.24) is 0 Å². The van der Waals surface area contributed by atoms with E-state index in [-0.39, 0.29) is 23.3 Å². The van der Waals surface area contributed by atoms with Gasteiger partial charge in [-0.25, -0.2) is 4.39 Å². The van der Waals surface area contributed by atoms with E-state index in [1.54, 1.807) is 23.9 Å². The van der Waals surface area contributed by atoms with Crippen LogP contribution < -0.4 is 0 Å². The summed E-state index contributed by atoms with van der Waals surface area (Å²) in [4.78, 5) is 12.2. The Balaban J connectivity index is 2.01. The number of Topliss-reactive ketones (excluding diaryl/α,β-unsaturated/α-hetero) is 1. The predicted octanol–water partition coefficient (Wildman–Crippen LogP) is 4.33. The number of ketones is 1. The lowest BCUT2D eigenvalue weighted by Gasteiger charge is -2.30. The van der Waals surface area contributed by atoms with Crippen LogP contribution in [0.1, 0.15) is 19.4 Å². The number of carbonyl (C=O) groups is 1. The van der Waals surface area contributed by atoms with Gasteiger partial charge in [-0.2, -0.15) is 11.8 Å². The molecule has 0 aliphatic carbocycles. The summed E-state index contributed by atoms with van der Waals surface area (Å²) in [6.45, 7) is 4.35. The number of thioether (sulfide) groups is 2. The van der Waals surface area contributed by atoms with E-state index in [1.165, 1.54) is 6.07 Å². The summed E-state index contributed by atoms with van der Waals surface area (Å²) in [6.07, 6.45) is 0.193. The molecule has 104 valence electrons. The van der Waals surface area contributed by atoms with E-state index in [9.17, 15) is 9.18 Å². The molecule has 3 atom stereocenters. The SMILES string of the molecule is CC1SCC(C(=O)Cc2ccc(Br)cc2F)SC1C. The smallest absolute Gasteiger partial charge is 0.151 e. The fraction of sp³-hybridized carbons (Fsp3) is 0.500. The minimum absolute atomic E-state index is 0.000697. The van der Waals surface area contributed by atoms with Crippen molar-refractivity contribution in [2.75, 3.05) is 5.75 Å². The first-order valence-corrected chi connectivity index (χ1v) is 8.99. The lowest BCUT2D eigenvalue weighted by molar-refractivity contribution is -0.117. The van der Waals surface area contributed by atoms with Crippen molar-refractivity contribution in [3.63, 3.8) is 0 Å². The number of rotatable bonds is 3. The van der Waals surface area contributed by atoms with E-state index in [0.717, 1.165) is 5.75 Å². The average molecular weight is 363 g/mol. The largest absolute Gasteiger partial charge is 0.298 e. The molecule has 19 heavy (non-hydrogen) atoms. The highest BCUT2D eigenvalue weighted by Crippen LogP contribution is 2.36. The van der Waals surface area contributed by atoms with Gasteiger partial charge in [0.2, 0.25) is 0 Å². The van der Waals surface area contributed by atoms with Crippen LogP contribution in [0.4, 0.5) is 4.39 Å². The molecular formula is C14H16BrFOS2. The van der Waals surface area contributed by atoms with Crippen molar-refractivity contribution < 1.29 is 9.18 Å². The van der Waals surface area contributed by atoms with Gasteiger partial charge in [-0.05, 0) is 17.7 Å². The van der Waals surface area contributed by atoms with Crippen LogP contribution in [0.2, 0.25) is 0 Å². The van der Waals surface area contributed by atoms with Gasteiger partial charge in [0, 0.05) is 27.1 Å². The molecule has 1 aliphatic rings. The van der Waals surface area contributed by atoms with Crippen LogP contribution >= 0.6 is 39.5 Å². The van der Waals surface area contributed by atoms with Gasteiger partial charge >= 0.3 is 0 Å². The van der Waals surface area contributed by atoms with Crippen LogP contribution in [0.5, 0.6) is 0 Å². The fourth-order valence-electron chi connectivity index (χ4n) is 1.92. The molecule has 0 aromatic heterocycles. The van der Waals surface area contributed by atoms with Gasteiger partial charge in [0.15, 0.2) is 5.78 Å². The molecule has 0 amide bonds. The van der Waals surface area contributed by atoms with Crippen LogP contribution in [-0.2, 0) is 11.2 Å². The van der Waals surface area contributed by atoms with E-state index < -0.39 is 0 Å². The maximum Gasteiger partial charge on any atom is 0.151 e. The number of hydrogen-bond donors (Lipinski definition) is 0. The van der Waals surface area contributed by atoms with Crippen LogP contribution in [0.25, 0.3) is 0 Å². The lowest BCUT2D eigenvalue weighted by Crippen LogP contribution is -2.32. The first kappa shape index (κ1) is 15.4. The number of carbonyl (C=O) groups excluding carboxylic acids is 1. The minimum Gasteiger partial charge on any atom is -0.298 e. The van der Waals surface area contributed by atoms with Gasteiger partial charge < -0.3 is 0 Å². The molecule has 1 aliphatic heterocycles. The highest BCUT2D eigenvalue weighted by atomic mass is 79.9. The van der Waals surface area contributed by atoms with E-state index in [4.69, 9.17) is 0 Å². The molecule has 0 N–H and O–H groups in total. The molecule has 0 saturated carbocycles. The Morgan fingerprint density at radius 3 is 2.79 bits per heavy atom. The van der Waals surface area contributed by atoms with Gasteiger partial charge in [-0.15, -0.1) is 11.8 Å². The lowest BCUT2D eigenvalue weighted by atomic mass is 10.1. The molecule has 0 radical (unpaired) electrons. The summed E-state index contributed by atoms with van der Waals surface area (Å²) >= 11 is 6.79. The maximum absolute atomic E-state index is 13.7. The topological polar surface area (TPSA) is 17.1 Å². The van der Waals surface area contributed by atoms with Gasteiger partial charge in [0.25, 0.3) is 0 Å². The second-order valence-electron chi connectivity index (χ2n) is 4.75. The van der Waals surface area contributed by atoms with Gasteiger partial charge in [0.05, 0.1) is 5.25 Å². The van der Waals surface area contributed by atoms with Crippen molar-refractivity contribution in [1.29, 1.82) is 0 Å². The van der Waals surface area contributed by atoms with Crippen molar-refractivity contribution in [3.05, 3.63) is 34.1 Å². The molecule has 1 fully saturated rings. The second-order valence-corrected chi connectivity index (χ2v) is 8.66. The van der Waals surface area contributed by atoms with Crippen LogP contribution in [-0.4, -0.2) is 27.3 Å². The summed E-state index contributed by atoms with van der Waals surface area (Å²) in [7, 11) is 0. The van der Waals surface area contributed by atoms with Gasteiger partial charge in [-0.1, -0.05) is 35.8 Å². The zero-order valence-electron chi connectivity index (χ0n) is 10.9. The summed E-state index contributed by atoms with van der Waals surface area (Å²) in [6, 6.07) is 4.87. The first-order valence-electron chi connectivity index (χ1n) is 6.21. The Bertz CT molecular complexity index is 481. The molecular weight excluding hydrogens is 347 g/mol. The van der Waals surface area contributed by atoms with Crippen molar-refractivity contribution >= 4 is 45.2 Å². The molecule has 1 aromatic carbocycles. The molecule has 1 saturated heterocycles. The average Bonchev–Trinajstić information content (AvgIpc) is 2.36. The standard InChI is InChI=1S/C14H16BrFOS2/c1-8-9(2)19-14(7-18-8)13(17)5-10-3-4-11(15)6-12(10)16/h3-4,6,8-9,14H,5,7H2,1-2H3. The Hall–Kier alpha value is -0.0000000000000000555. The van der Waals surface area contributed by atoms with Gasteiger partial charge in [-0.3, -0.25) is 4.79 Å². The summed E-state index contributed by atoms with van der Waals surface area (Å²) in [5.41, 5.74) is 0.491. The van der Waals surface area contributed by atoms with E-state index in [1.807, 2.05) is 11.8 Å². The predicted molar refractivity (Wildman–Crippen MR) is 85.6 cm³/mol.